The molecule has 0 saturated heterocycles. The first-order chi connectivity index (χ1) is 27.6. The van der Waals surface area contributed by atoms with E-state index in [0.717, 1.165) is 34.4 Å². The minimum Gasteiger partial charge on any atom is -0.456 e. The van der Waals surface area contributed by atoms with Crippen LogP contribution in [0.1, 0.15) is 52.7 Å². The number of benzene rings is 6. The molecule has 0 radical (unpaired) electrons. The predicted octanol–water partition coefficient (Wildman–Crippen LogP) is 11.9. The second kappa shape index (κ2) is 10.5. The molecule has 7 heterocycles. The Morgan fingerprint density at radius 2 is 0.842 bits per heavy atom. The molecule has 0 saturated carbocycles. The summed E-state index contributed by atoms with van der Waals surface area (Å²) in [4.78, 5) is 10.4. The molecule has 6 nitrogen and oxygen atoms in total. The van der Waals surface area contributed by atoms with Crippen molar-refractivity contribution in [1.82, 2.24) is 0 Å². The molecule has 7 aromatic rings. The Hall–Kier alpha value is -6.05. The fraction of sp³-hybridized carbons (Fsp3) is 0.167. The molecule has 6 aliphatic heterocycles. The number of hydrogen-bond donors (Lipinski definition) is 0. The lowest BCUT2D eigenvalue weighted by Crippen LogP contribution is -2.55. The van der Waals surface area contributed by atoms with Crippen molar-refractivity contribution in [3.8, 4) is 45.3 Å². The van der Waals surface area contributed by atoms with E-state index in [9.17, 15) is 0 Å². The minimum atomic E-state index is -0.139. The highest BCUT2D eigenvalue weighted by molar-refractivity contribution is 7.25. The predicted molar refractivity (Wildman–Crippen MR) is 238 cm³/mol. The number of rotatable bonds is 0. The molecule has 0 N–H and O–H groups in total. The van der Waals surface area contributed by atoms with E-state index in [4.69, 9.17) is 9.47 Å². The van der Waals surface area contributed by atoms with Crippen LogP contribution < -0.4 is 39.6 Å². The van der Waals surface area contributed by atoms with Gasteiger partial charge in [-0.05, 0) is 93.7 Å². The molecule has 13 rings (SSSR count). The third kappa shape index (κ3) is 3.98. The van der Waals surface area contributed by atoms with E-state index in [-0.39, 0.29) is 24.8 Å². The molecular weight excluding hydrogens is 718 g/mol. The van der Waals surface area contributed by atoms with E-state index in [0.29, 0.717) is 0 Å². The number of fused-ring (bicyclic) bond motifs is 17. The van der Waals surface area contributed by atoms with Gasteiger partial charge in [-0.15, -0.1) is 0 Å². The normalized spacial score (nSPS) is 15.6. The molecule has 0 spiro atoms. The van der Waals surface area contributed by atoms with Gasteiger partial charge in [0.05, 0.1) is 22.7 Å². The molecular formula is C48H38B2N4O2S. The maximum absolute atomic E-state index is 6.98. The van der Waals surface area contributed by atoms with Crippen LogP contribution in [0.25, 0.3) is 22.3 Å². The van der Waals surface area contributed by atoms with Gasteiger partial charge in [0, 0.05) is 33.4 Å². The van der Waals surface area contributed by atoms with Gasteiger partial charge in [-0.3, -0.25) is 0 Å². The second-order valence-electron chi connectivity index (χ2n) is 18.2. The Labute approximate surface area is 337 Å². The van der Waals surface area contributed by atoms with Gasteiger partial charge < -0.3 is 28.7 Å². The smallest absolute Gasteiger partial charge is 0.426 e. The summed E-state index contributed by atoms with van der Waals surface area (Å²) in [5.74, 6) is 3.53. The van der Waals surface area contributed by atoms with E-state index in [2.05, 4.69) is 182 Å². The highest BCUT2D eigenvalue weighted by Gasteiger charge is 2.60. The van der Waals surface area contributed by atoms with Crippen molar-refractivity contribution in [1.29, 1.82) is 0 Å². The average molecular weight is 757 g/mol. The van der Waals surface area contributed by atoms with Gasteiger partial charge in [0.1, 0.15) is 33.0 Å². The molecule has 9 heteroatoms. The van der Waals surface area contributed by atoms with Crippen LogP contribution in [0.5, 0.6) is 23.0 Å². The van der Waals surface area contributed by atoms with Crippen molar-refractivity contribution in [2.24, 2.45) is 0 Å². The van der Waals surface area contributed by atoms with E-state index in [1.807, 2.05) is 11.3 Å². The number of thiophene rings is 1. The van der Waals surface area contributed by atoms with Crippen molar-refractivity contribution < 1.29 is 9.47 Å². The summed E-state index contributed by atoms with van der Waals surface area (Å²) in [6.07, 6.45) is 0. The zero-order valence-corrected chi connectivity index (χ0v) is 33.5. The molecule has 6 aromatic carbocycles. The molecule has 6 aliphatic rings. The van der Waals surface area contributed by atoms with Crippen molar-refractivity contribution in [3.63, 3.8) is 0 Å². The van der Waals surface area contributed by atoms with Crippen LogP contribution in [-0.4, -0.2) is 14.0 Å². The van der Waals surface area contributed by atoms with E-state index in [1.165, 1.54) is 77.1 Å². The van der Waals surface area contributed by atoms with Crippen molar-refractivity contribution in [2.75, 3.05) is 19.2 Å². The number of ether oxygens (including phenoxy) is 2. The third-order valence-electron chi connectivity index (χ3n) is 12.9. The summed E-state index contributed by atoms with van der Waals surface area (Å²) >= 11 is 1.91. The van der Waals surface area contributed by atoms with Gasteiger partial charge in [0.25, 0.3) is 0 Å². The second-order valence-corrected chi connectivity index (χ2v) is 19.2. The Kier molecular flexibility index (Phi) is 5.89. The van der Waals surface area contributed by atoms with E-state index < -0.39 is 0 Å². The quantitative estimate of drug-likeness (QED) is 0.143. The van der Waals surface area contributed by atoms with Gasteiger partial charge in [-0.1, -0.05) is 114 Å². The van der Waals surface area contributed by atoms with Gasteiger partial charge in [-0.2, -0.15) is 0 Å². The summed E-state index contributed by atoms with van der Waals surface area (Å²) in [7, 11) is 0. The monoisotopic (exact) mass is 756 g/mol. The summed E-state index contributed by atoms with van der Waals surface area (Å²) in [6.45, 7) is 13.5. The zero-order chi connectivity index (χ0) is 38.3. The summed E-state index contributed by atoms with van der Waals surface area (Å²) in [5, 5.41) is 2.47. The molecule has 0 aliphatic carbocycles. The summed E-state index contributed by atoms with van der Waals surface area (Å²) in [6, 6.07) is 44.6. The zero-order valence-electron chi connectivity index (χ0n) is 32.7. The fourth-order valence-electron chi connectivity index (χ4n) is 10.2. The highest BCUT2D eigenvalue weighted by atomic mass is 32.1. The molecule has 0 atom stereocenters. The third-order valence-corrected chi connectivity index (χ3v) is 14.0. The topological polar surface area (TPSA) is 31.4 Å². The molecule has 274 valence electrons. The lowest BCUT2D eigenvalue weighted by Gasteiger charge is -2.37. The van der Waals surface area contributed by atoms with Gasteiger partial charge in [0.15, 0.2) is 0 Å². The molecule has 0 bridgehead atoms. The molecule has 0 unspecified atom stereocenters. The van der Waals surface area contributed by atoms with Crippen molar-refractivity contribution >= 4 is 80.4 Å². The Morgan fingerprint density at radius 1 is 0.421 bits per heavy atom. The van der Waals surface area contributed by atoms with E-state index >= 15 is 0 Å². The Balaban J connectivity index is 1.15. The first-order valence-corrected chi connectivity index (χ1v) is 20.8. The minimum absolute atomic E-state index is 0.00243. The lowest BCUT2D eigenvalue weighted by molar-refractivity contribution is 0.489. The molecule has 57 heavy (non-hydrogen) atoms. The van der Waals surface area contributed by atoms with Gasteiger partial charge >= 0.3 is 14.0 Å². The first kappa shape index (κ1) is 32.1. The Bertz CT molecular complexity index is 2770. The lowest BCUT2D eigenvalue weighted by atomic mass is 9.58. The van der Waals surface area contributed by atoms with Crippen molar-refractivity contribution in [2.45, 2.75) is 52.4 Å². The maximum atomic E-state index is 6.98. The van der Waals surface area contributed by atoms with Crippen LogP contribution in [0.3, 0.4) is 0 Å². The van der Waals surface area contributed by atoms with Crippen LogP contribution in [0.15, 0.2) is 121 Å². The van der Waals surface area contributed by atoms with Gasteiger partial charge in [-0.25, -0.2) is 0 Å². The van der Waals surface area contributed by atoms with Crippen LogP contribution in [-0.2, 0) is 10.8 Å². The van der Waals surface area contributed by atoms with Crippen molar-refractivity contribution in [3.05, 3.63) is 132 Å². The van der Waals surface area contributed by atoms with Crippen LogP contribution in [0.2, 0.25) is 0 Å². The first-order valence-electron chi connectivity index (χ1n) is 20.0. The standard InChI is InChI=1S/C48H38B2N4O2S/c1-47(2,3)27-21-23-33-31(25-27)29-13-11-19-39-41(29)49-51(35-15-7-9-17-37(35)55-39)43-44-46(57-45(43)53(33)49)54-34-24-22-28(48(4,5)6)26-32(34)30-14-12-20-40-42(30)50(54)52(44)36-16-8-10-18-38(36)56-40/h7-26H,1-6H3. The van der Waals surface area contributed by atoms with E-state index in [1.54, 1.807) is 0 Å². The SMILES string of the molecule is CC(C)(C)c1ccc2c(c1)-c1cccc3c1B1N2c2sc4c(c2N1c1ccccc1O3)N1B2c3c(cccc3-c3cc(C(C)(C)C)ccc3N24)Oc2ccccc21. The number of hydrogen-bond acceptors (Lipinski definition) is 7. The maximum Gasteiger partial charge on any atom is 0.426 e. The van der Waals surface area contributed by atoms with Crippen LogP contribution in [0.4, 0.5) is 44.1 Å². The Morgan fingerprint density at radius 3 is 1.28 bits per heavy atom. The summed E-state index contributed by atoms with van der Waals surface area (Å²) < 4.78 is 14.0. The molecule has 0 amide bonds. The number of nitrogens with zero attached hydrogens (tertiary/aromatic N) is 4. The van der Waals surface area contributed by atoms with Crippen LogP contribution in [0, 0.1) is 0 Å². The van der Waals surface area contributed by atoms with Gasteiger partial charge in [0.2, 0.25) is 0 Å². The molecule has 1 aromatic heterocycles. The average Bonchev–Trinajstić information content (AvgIpc) is 3.76. The molecule has 0 fully saturated rings. The number of anilines is 8. The highest BCUT2D eigenvalue weighted by Crippen LogP contribution is 2.69. The summed E-state index contributed by atoms with van der Waals surface area (Å²) in [5.41, 5.74) is 16.9. The largest absolute Gasteiger partial charge is 0.456 e. The fourth-order valence-corrected chi connectivity index (χ4v) is 11.6. The van der Waals surface area contributed by atoms with Crippen LogP contribution >= 0.6 is 11.3 Å². The number of para-hydroxylation sites is 4.